The number of rotatable bonds is 7. The molecule has 8 heteroatoms. The van der Waals surface area contributed by atoms with Crippen LogP contribution in [-0.4, -0.2) is 39.5 Å². The molecule has 0 aliphatic heterocycles. The van der Waals surface area contributed by atoms with Crippen LogP contribution in [0.15, 0.2) is 71.7 Å². The molecule has 0 unspecified atom stereocenters. The first kappa shape index (κ1) is 20.4. The highest BCUT2D eigenvalue weighted by Gasteiger charge is 2.15. The fraction of sp³-hybridized carbons (Fsp3) is 0.167. The van der Waals surface area contributed by atoms with Crippen LogP contribution in [0.1, 0.15) is 5.56 Å². The van der Waals surface area contributed by atoms with E-state index in [0.717, 1.165) is 62.9 Å². The zero-order chi connectivity index (χ0) is 22.1. The van der Waals surface area contributed by atoms with Crippen molar-refractivity contribution in [2.45, 2.75) is 6.42 Å². The first-order chi connectivity index (χ1) is 15.7. The smallest absolute Gasteiger partial charge is 0.160 e. The largest absolute Gasteiger partial charge is 0.493 e. The lowest BCUT2D eigenvalue weighted by molar-refractivity contribution is 0.354. The second kappa shape index (κ2) is 8.55. The average molecular weight is 492 g/mol. The van der Waals surface area contributed by atoms with Crippen LogP contribution >= 0.6 is 15.9 Å². The molecule has 1 N–H and O–H groups in total. The van der Waals surface area contributed by atoms with E-state index in [2.05, 4.69) is 49.0 Å². The highest BCUT2D eigenvalue weighted by Crippen LogP contribution is 2.31. The van der Waals surface area contributed by atoms with E-state index < -0.39 is 0 Å². The molecule has 0 radical (unpaired) electrons. The third-order valence-corrected chi connectivity index (χ3v) is 5.87. The summed E-state index contributed by atoms with van der Waals surface area (Å²) in [5.74, 6) is 2.41. The van der Waals surface area contributed by atoms with Crippen LogP contribution < -0.4 is 14.8 Å². The second-order valence-corrected chi connectivity index (χ2v) is 8.28. The molecule has 0 aliphatic carbocycles. The van der Waals surface area contributed by atoms with Crippen molar-refractivity contribution in [1.29, 1.82) is 0 Å². The van der Waals surface area contributed by atoms with Gasteiger partial charge in [0.25, 0.3) is 0 Å². The molecule has 1 aromatic carbocycles. The summed E-state index contributed by atoms with van der Waals surface area (Å²) in [6.07, 6.45) is 8.64. The van der Waals surface area contributed by atoms with Gasteiger partial charge in [0.15, 0.2) is 11.5 Å². The summed E-state index contributed by atoms with van der Waals surface area (Å²) in [7, 11) is 3.30. The second-order valence-electron chi connectivity index (χ2n) is 7.36. The number of imidazole rings is 2. The number of aromatic nitrogens is 4. The minimum atomic E-state index is 0.730. The summed E-state index contributed by atoms with van der Waals surface area (Å²) in [6, 6.07) is 14.1. The van der Waals surface area contributed by atoms with Crippen molar-refractivity contribution in [2.75, 3.05) is 26.1 Å². The predicted octanol–water partition coefficient (Wildman–Crippen LogP) is 5.08. The maximum atomic E-state index is 5.43. The number of nitrogens with zero attached hydrogens (tertiary/aromatic N) is 4. The number of anilines is 1. The predicted molar refractivity (Wildman–Crippen MR) is 129 cm³/mol. The number of methoxy groups -OCH3 is 2. The lowest BCUT2D eigenvalue weighted by Gasteiger charge is -2.12. The maximum Gasteiger partial charge on any atom is 0.160 e. The molecule has 32 heavy (non-hydrogen) atoms. The maximum absolute atomic E-state index is 5.43. The fourth-order valence-electron chi connectivity index (χ4n) is 3.81. The quantitative estimate of drug-likeness (QED) is 0.343. The monoisotopic (exact) mass is 491 g/mol. The van der Waals surface area contributed by atoms with Gasteiger partial charge in [0.05, 0.1) is 14.2 Å². The summed E-state index contributed by atoms with van der Waals surface area (Å²) in [4.78, 5) is 9.24. The van der Waals surface area contributed by atoms with E-state index in [-0.39, 0.29) is 0 Å². The zero-order valence-corrected chi connectivity index (χ0v) is 19.3. The number of ether oxygens (including phenoxy) is 2. The fourth-order valence-corrected chi connectivity index (χ4v) is 4.15. The minimum Gasteiger partial charge on any atom is -0.493 e. The number of pyridine rings is 2. The van der Waals surface area contributed by atoms with Crippen molar-refractivity contribution < 1.29 is 9.47 Å². The van der Waals surface area contributed by atoms with Gasteiger partial charge in [0, 0.05) is 41.4 Å². The van der Waals surface area contributed by atoms with Crippen LogP contribution in [0.4, 0.5) is 5.82 Å². The standard InChI is InChI=1S/C24H22BrN5O2/c1-31-19-6-3-16(13-20(19)32-2)9-10-27-24-23(28-22-8-5-18(25)15-30(22)24)17-4-7-21-26-11-12-29(21)14-17/h3-8,11-15,27H,9-10H2,1-2H3. The highest BCUT2D eigenvalue weighted by molar-refractivity contribution is 9.10. The number of halogens is 1. The lowest BCUT2D eigenvalue weighted by Crippen LogP contribution is -2.08. The molecule has 0 saturated heterocycles. The summed E-state index contributed by atoms with van der Waals surface area (Å²) in [5.41, 5.74) is 4.85. The number of benzene rings is 1. The molecule has 162 valence electrons. The zero-order valence-electron chi connectivity index (χ0n) is 17.7. The molecule has 0 spiro atoms. The van der Waals surface area contributed by atoms with Crippen molar-refractivity contribution >= 4 is 33.0 Å². The Morgan fingerprint density at radius 3 is 2.66 bits per heavy atom. The van der Waals surface area contributed by atoms with Crippen LogP contribution in [0.25, 0.3) is 22.6 Å². The molecule has 4 heterocycles. The van der Waals surface area contributed by atoms with Gasteiger partial charge in [0.2, 0.25) is 0 Å². The van der Waals surface area contributed by atoms with Crippen molar-refractivity contribution in [3.63, 3.8) is 0 Å². The summed E-state index contributed by atoms with van der Waals surface area (Å²) < 4.78 is 15.8. The van der Waals surface area contributed by atoms with Crippen molar-refractivity contribution in [3.05, 3.63) is 77.3 Å². The van der Waals surface area contributed by atoms with Gasteiger partial charge in [-0.2, -0.15) is 0 Å². The molecule has 0 aliphatic rings. The minimum absolute atomic E-state index is 0.730. The summed E-state index contributed by atoms with van der Waals surface area (Å²) >= 11 is 3.58. The average Bonchev–Trinajstić information content (AvgIpc) is 3.43. The van der Waals surface area contributed by atoms with E-state index in [0.29, 0.717) is 0 Å². The van der Waals surface area contributed by atoms with Gasteiger partial charge < -0.3 is 19.2 Å². The third-order valence-electron chi connectivity index (χ3n) is 5.40. The molecule has 0 saturated carbocycles. The first-order valence-corrected chi connectivity index (χ1v) is 11.0. The highest BCUT2D eigenvalue weighted by atomic mass is 79.9. The normalized spacial score (nSPS) is 11.2. The first-order valence-electron chi connectivity index (χ1n) is 10.2. The van der Waals surface area contributed by atoms with Crippen LogP contribution in [0.5, 0.6) is 11.5 Å². The Morgan fingerprint density at radius 2 is 1.81 bits per heavy atom. The van der Waals surface area contributed by atoms with E-state index in [1.165, 1.54) is 0 Å². The van der Waals surface area contributed by atoms with Crippen LogP contribution in [-0.2, 0) is 6.42 Å². The van der Waals surface area contributed by atoms with Gasteiger partial charge in [0.1, 0.15) is 22.8 Å². The van der Waals surface area contributed by atoms with Crippen molar-refractivity contribution in [3.8, 4) is 22.8 Å². The lowest BCUT2D eigenvalue weighted by atomic mass is 10.1. The molecule has 0 fully saturated rings. The Hall–Kier alpha value is -3.52. The van der Waals surface area contributed by atoms with Crippen molar-refractivity contribution in [1.82, 2.24) is 18.8 Å². The Labute approximate surface area is 193 Å². The van der Waals surface area contributed by atoms with E-state index in [9.17, 15) is 0 Å². The third kappa shape index (κ3) is 3.78. The Balaban J connectivity index is 1.47. The Kier molecular flexibility index (Phi) is 5.45. The Bertz CT molecular complexity index is 1410. The van der Waals surface area contributed by atoms with Gasteiger partial charge in [-0.25, -0.2) is 9.97 Å². The van der Waals surface area contributed by atoms with Crippen LogP contribution in [0, 0.1) is 0 Å². The van der Waals surface area contributed by atoms with E-state index in [1.807, 2.05) is 47.1 Å². The summed E-state index contributed by atoms with van der Waals surface area (Å²) in [6.45, 7) is 0.732. The summed E-state index contributed by atoms with van der Waals surface area (Å²) in [5, 5.41) is 3.60. The van der Waals surface area contributed by atoms with E-state index >= 15 is 0 Å². The number of hydrogen-bond acceptors (Lipinski definition) is 5. The SMILES string of the molecule is COc1ccc(CCNc2c(-c3ccc4nccn4c3)nc3ccc(Br)cn23)cc1OC. The molecular weight excluding hydrogens is 470 g/mol. The van der Waals surface area contributed by atoms with Crippen LogP contribution in [0.3, 0.4) is 0 Å². The van der Waals surface area contributed by atoms with Crippen molar-refractivity contribution in [2.24, 2.45) is 0 Å². The number of hydrogen-bond donors (Lipinski definition) is 1. The van der Waals surface area contributed by atoms with E-state index in [4.69, 9.17) is 14.5 Å². The molecular formula is C24H22BrN5O2. The number of fused-ring (bicyclic) bond motifs is 2. The van der Waals surface area contributed by atoms with Gasteiger partial charge >= 0.3 is 0 Å². The molecule has 0 amide bonds. The van der Waals surface area contributed by atoms with Gasteiger partial charge in [-0.1, -0.05) is 6.07 Å². The van der Waals surface area contributed by atoms with Crippen LogP contribution in [0.2, 0.25) is 0 Å². The Morgan fingerprint density at radius 1 is 0.969 bits per heavy atom. The van der Waals surface area contributed by atoms with E-state index in [1.54, 1.807) is 20.4 Å². The number of nitrogens with one attached hydrogen (secondary N) is 1. The topological polar surface area (TPSA) is 65.1 Å². The molecule has 5 aromatic rings. The molecule has 5 rings (SSSR count). The van der Waals surface area contributed by atoms with Gasteiger partial charge in [-0.05, 0) is 64.3 Å². The molecule has 0 bridgehead atoms. The molecule has 4 aromatic heterocycles. The molecule has 0 atom stereocenters. The van der Waals surface area contributed by atoms with Gasteiger partial charge in [-0.15, -0.1) is 0 Å². The van der Waals surface area contributed by atoms with Gasteiger partial charge in [-0.3, -0.25) is 4.40 Å². The molecule has 7 nitrogen and oxygen atoms in total.